The minimum Gasteiger partial charge on any atom is -0.356 e. The highest BCUT2D eigenvalue weighted by molar-refractivity contribution is 5.45. The number of pyridine rings is 2. The number of nitrogens with zero attached hydrogens (tertiary/aromatic N) is 3. The van der Waals surface area contributed by atoms with Gasteiger partial charge in [-0.15, -0.1) is 0 Å². The molecule has 1 aromatic carbocycles. The lowest BCUT2D eigenvalue weighted by Crippen LogP contribution is -2.36. The smallest absolute Gasteiger partial charge is 0.128 e. The molecule has 0 N–H and O–H groups in total. The van der Waals surface area contributed by atoms with Crippen LogP contribution in [0.15, 0.2) is 60.9 Å². The Balaban J connectivity index is 1.61. The molecule has 3 heteroatoms. The van der Waals surface area contributed by atoms with Gasteiger partial charge in [-0.05, 0) is 64.1 Å². The highest BCUT2D eigenvalue weighted by atomic mass is 15.2. The van der Waals surface area contributed by atoms with E-state index in [-0.39, 0.29) is 10.8 Å². The van der Waals surface area contributed by atoms with Crippen molar-refractivity contribution in [2.75, 3.05) is 18.0 Å². The summed E-state index contributed by atoms with van der Waals surface area (Å²) in [5.41, 5.74) is 6.87. The third kappa shape index (κ3) is 5.63. The zero-order chi connectivity index (χ0) is 23.6. The van der Waals surface area contributed by atoms with Crippen molar-refractivity contribution < 1.29 is 0 Å². The van der Waals surface area contributed by atoms with Crippen molar-refractivity contribution in [3.63, 3.8) is 0 Å². The van der Waals surface area contributed by atoms with Gasteiger partial charge in [-0.25, -0.2) is 4.98 Å². The number of piperidine rings is 1. The van der Waals surface area contributed by atoms with E-state index in [1.807, 2.05) is 6.20 Å². The molecule has 1 atom stereocenters. The van der Waals surface area contributed by atoms with E-state index in [0.29, 0.717) is 5.92 Å². The van der Waals surface area contributed by atoms with Crippen molar-refractivity contribution in [1.29, 1.82) is 0 Å². The van der Waals surface area contributed by atoms with E-state index in [9.17, 15) is 0 Å². The van der Waals surface area contributed by atoms with Crippen molar-refractivity contribution in [2.24, 2.45) is 0 Å². The number of anilines is 1. The molecule has 1 aliphatic heterocycles. The summed E-state index contributed by atoms with van der Waals surface area (Å²) < 4.78 is 0. The molecule has 0 radical (unpaired) electrons. The van der Waals surface area contributed by atoms with Crippen LogP contribution in [0.5, 0.6) is 0 Å². The highest BCUT2D eigenvalue weighted by Crippen LogP contribution is 2.37. The SMILES string of the molecule is CC(C)(C)c1ccnc(N2CCCC(c3cnc(Cc4ccccc4)cc3C(C)(C)C)C2)c1. The Bertz CT molecular complexity index is 1070. The van der Waals surface area contributed by atoms with E-state index in [1.165, 1.54) is 35.1 Å². The molecule has 33 heavy (non-hydrogen) atoms. The standard InChI is InChI=1S/C30H39N3/c1-29(2,3)24-14-15-31-28(18-24)33-16-10-13-23(21-33)26-20-32-25(19-27(26)30(4,5)6)17-22-11-8-7-9-12-22/h7-9,11-12,14-15,18-20,23H,10,13,16-17,21H2,1-6H3. The molecule has 0 amide bonds. The maximum absolute atomic E-state index is 4.93. The molecule has 0 saturated carbocycles. The van der Waals surface area contributed by atoms with Gasteiger partial charge in [0, 0.05) is 43.5 Å². The van der Waals surface area contributed by atoms with E-state index < -0.39 is 0 Å². The average molecular weight is 442 g/mol. The van der Waals surface area contributed by atoms with Crippen LogP contribution in [-0.4, -0.2) is 23.1 Å². The van der Waals surface area contributed by atoms with Gasteiger partial charge in [0.05, 0.1) is 0 Å². The van der Waals surface area contributed by atoms with Gasteiger partial charge in [-0.2, -0.15) is 0 Å². The first kappa shape index (κ1) is 23.5. The zero-order valence-corrected chi connectivity index (χ0v) is 21.2. The van der Waals surface area contributed by atoms with Crippen molar-refractivity contribution in [3.05, 3.63) is 88.9 Å². The maximum atomic E-state index is 4.93. The minimum absolute atomic E-state index is 0.0798. The molecular formula is C30H39N3. The fourth-order valence-corrected chi connectivity index (χ4v) is 4.88. The number of rotatable bonds is 4. The molecule has 174 valence electrons. The van der Waals surface area contributed by atoms with Gasteiger partial charge in [-0.3, -0.25) is 4.98 Å². The Morgan fingerprint density at radius 1 is 0.909 bits per heavy atom. The van der Waals surface area contributed by atoms with Crippen LogP contribution in [0.3, 0.4) is 0 Å². The van der Waals surface area contributed by atoms with Gasteiger partial charge in [0.1, 0.15) is 5.82 Å². The van der Waals surface area contributed by atoms with Crippen LogP contribution < -0.4 is 4.90 Å². The lowest BCUT2D eigenvalue weighted by Gasteiger charge is -2.36. The van der Waals surface area contributed by atoms with Crippen LogP contribution >= 0.6 is 0 Å². The molecule has 1 aliphatic rings. The second-order valence-corrected chi connectivity index (χ2v) is 11.6. The second kappa shape index (κ2) is 9.29. The first-order valence-electron chi connectivity index (χ1n) is 12.4. The zero-order valence-electron chi connectivity index (χ0n) is 21.2. The quantitative estimate of drug-likeness (QED) is 0.434. The number of aromatic nitrogens is 2. The van der Waals surface area contributed by atoms with Gasteiger partial charge in [-0.1, -0.05) is 71.9 Å². The predicted molar refractivity (Wildman–Crippen MR) is 139 cm³/mol. The summed E-state index contributed by atoms with van der Waals surface area (Å²) in [6.45, 7) is 15.9. The molecular weight excluding hydrogens is 402 g/mol. The van der Waals surface area contributed by atoms with E-state index >= 15 is 0 Å². The number of hydrogen-bond acceptors (Lipinski definition) is 3. The van der Waals surface area contributed by atoms with Gasteiger partial charge in [0.25, 0.3) is 0 Å². The molecule has 0 spiro atoms. The van der Waals surface area contributed by atoms with E-state index in [1.54, 1.807) is 0 Å². The topological polar surface area (TPSA) is 29.0 Å². The predicted octanol–water partition coefficient (Wildman–Crippen LogP) is 7.05. The Kier molecular flexibility index (Phi) is 6.61. The third-order valence-corrected chi connectivity index (χ3v) is 6.82. The Morgan fingerprint density at radius 2 is 1.67 bits per heavy atom. The molecule has 2 aromatic heterocycles. The van der Waals surface area contributed by atoms with Gasteiger partial charge in [0.2, 0.25) is 0 Å². The third-order valence-electron chi connectivity index (χ3n) is 6.82. The van der Waals surface area contributed by atoms with Crippen LogP contribution in [-0.2, 0) is 17.3 Å². The summed E-state index contributed by atoms with van der Waals surface area (Å²) >= 11 is 0. The lowest BCUT2D eigenvalue weighted by molar-refractivity contribution is 0.488. The first-order valence-corrected chi connectivity index (χ1v) is 12.4. The van der Waals surface area contributed by atoms with Crippen LogP contribution in [0.2, 0.25) is 0 Å². The van der Waals surface area contributed by atoms with Gasteiger partial charge < -0.3 is 4.90 Å². The first-order chi connectivity index (χ1) is 15.6. The normalized spacial score (nSPS) is 17.3. The molecule has 1 unspecified atom stereocenters. The fourth-order valence-electron chi connectivity index (χ4n) is 4.88. The fraction of sp³-hybridized carbons (Fsp3) is 0.467. The minimum atomic E-state index is 0.0798. The Morgan fingerprint density at radius 3 is 2.36 bits per heavy atom. The molecule has 3 aromatic rings. The van der Waals surface area contributed by atoms with Crippen molar-refractivity contribution in [2.45, 2.75) is 77.6 Å². The monoisotopic (exact) mass is 441 g/mol. The van der Waals surface area contributed by atoms with E-state index in [0.717, 1.165) is 31.0 Å². The summed E-state index contributed by atoms with van der Waals surface area (Å²) in [6, 6.07) is 17.4. The molecule has 1 saturated heterocycles. The lowest BCUT2D eigenvalue weighted by atomic mass is 9.78. The molecule has 3 heterocycles. The molecule has 0 bridgehead atoms. The Hall–Kier alpha value is -2.68. The average Bonchev–Trinajstić information content (AvgIpc) is 2.79. The molecule has 4 rings (SSSR count). The summed E-state index contributed by atoms with van der Waals surface area (Å²) in [7, 11) is 0. The summed E-state index contributed by atoms with van der Waals surface area (Å²) in [5.74, 6) is 1.59. The van der Waals surface area contributed by atoms with Crippen molar-refractivity contribution >= 4 is 5.82 Å². The van der Waals surface area contributed by atoms with Crippen LogP contribution in [0.25, 0.3) is 0 Å². The van der Waals surface area contributed by atoms with Crippen LogP contribution in [0.1, 0.15) is 88.2 Å². The number of benzene rings is 1. The van der Waals surface area contributed by atoms with Gasteiger partial charge >= 0.3 is 0 Å². The highest BCUT2D eigenvalue weighted by Gasteiger charge is 2.29. The summed E-state index contributed by atoms with van der Waals surface area (Å²) in [4.78, 5) is 12.2. The van der Waals surface area contributed by atoms with Crippen molar-refractivity contribution in [3.8, 4) is 0 Å². The summed E-state index contributed by atoms with van der Waals surface area (Å²) in [5, 5.41) is 0. The Labute approximate surface area is 200 Å². The van der Waals surface area contributed by atoms with E-state index in [4.69, 9.17) is 9.97 Å². The molecule has 1 fully saturated rings. The van der Waals surface area contributed by atoms with Crippen LogP contribution in [0.4, 0.5) is 5.82 Å². The summed E-state index contributed by atoms with van der Waals surface area (Å²) in [6.07, 6.45) is 7.41. The number of hydrogen-bond donors (Lipinski definition) is 0. The van der Waals surface area contributed by atoms with E-state index in [2.05, 4.69) is 101 Å². The molecule has 0 aliphatic carbocycles. The largest absolute Gasteiger partial charge is 0.356 e. The van der Waals surface area contributed by atoms with Crippen molar-refractivity contribution in [1.82, 2.24) is 9.97 Å². The molecule has 3 nitrogen and oxygen atoms in total. The van der Waals surface area contributed by atoms with Gasteiger partial charge in [0.15, 0.2) is 0 Å². The maximum Gasteiger partial charge on any atom is 0.128 e. The van der Waals surface area contributed by atoms with Crippen LogP contribution in [0, 0.1) is 0 Å². The second-order valence-electron chi connectivity index (χ2n) is 11.6.